The van der Waals surface area contributed by atoms with Crippen molar-refractivity contribution in [1.29, 1.82) is 0 Å². The molecule has 1 aliphatic rings. The second-order valence-corrected chi connectivity index (χ2v) is 8.44. The summed E-state index contributed by atoms with van der Waals surface area (Å²) in [7, 11) is 3.62. The van der Waals surface area contributed by atoms with Gasteiger partial charge < -0.3 is 19.9 Å². The summed E-state index contributed by atoms with van der Waals surface area (Å²) in [5, 5.41) is 4.34. The van der Waals surface area contributed by atoms with E-state index in [-0.39, 0.29) is 11.4 Å². The molecule has 0 spiro atoms. The first kappa shape index (κ1) is 21.9. The molecule has 0 aliphatic heterocycles. The minimum atomic E-state index is -0.258. The van der Waals surface area contributed by atoms with Crippen LogP contribution in [0.5, 0.6) is 0 Å². The molecule has 10 nitrogen and oxygen atoms in total. The second kappa shape index (κ2) is 9.14. The Balaban J connectivity index is 1.36. The Bertz CT molecular complexity index is 1240. The molecule has 1 aliphatic carbocycles. The van der Waals surface area contributed by atoms with Crippen LogP contribution in [0.15, 0.2) is 53.6 Å². The first-order chi connectivity index (χ1) is 16.6. The van der Waals surface area contributed by atoms with E-state index >= 15 is 0 Å². The summed E-state index contributed by atoms with van der Waals surface area (Å²) in [6, 6.07) is 8.36. The molecular formula is C24H26N8O2. The third-order valence-corrected chi connectivity index (χ3v) is 6.38. The van der Waals surface area contributed by atoms with Gasteiger partial charge >= 0.3 is 0 Å². The molecule has 0 saturated heterocycles. The van der Waals surface area contributed by atoms with Crippen molar-refractivity contribution in [2.45, 2.75) is 24.7 Å². The van der Waals surface area contributed by atoms with Crippen LogP contribution in [0.2, 0.25) is 0 Å². The van der Waals surface area contributed by atoms with Crippen LogP contribution in [0.25, 0.3) is 22.7 Å². The summed E-state index contributed by atoms with van der Waals surface area (Å²) in [4.78, 5) is 23.8. The van der Waals surface area contributed by atoms with Gasteiger partial charge in [0.2, 0.25) is 5.95 Å². The van der Waals surface area contributed by atoms with Gasteiger partial charge in [-0.05, 0) is 24.0 Å². The van der Waals surface area contributed by atoms with Crippen molar-refractivity contribution in [3.05, 3.63) is 60.4 Å². The van der Waals surface area contributed by atoms with Gasteiger partial charge in [0.1, 0.15) is 11.5 Å². The number of nitrogens with two attached hydrogens (primary N) is 1. The van der Waals surface area contributed by atoms with Gasteiger partial charge in [0.05, 0.1) is 24.4 Å². The predicted molar refractivity (Wildman–Crippen MR) is 127 cm³/mol. The Hall–Kier alpha value is -3.92. The van der Waals surface area contributed by atoms with Crippen LogP contribution in [0.3, 0.4) is 0 Å². The number of methoxy groups -OCH3 is 1. The Labute approximate surface area is 197 Å². The van der Waals surface area contributed by atoms with E-state index in [2.05, 4.69) is 49.4 Å². The highest BCUT2D eigenvalue weighted by Crippen LogP contribution is 2.48. The van der Waals surface area contributed by atoms with Crippen LogP contribution >= 0.6 is 0 Å². The molecule has 174 valence electrons. The van der Waals surface area contributed by atoms with E-state index in [1.807, 2.05) is 11.9 Å². The molecule has 5 rings (SSSR count). The number of likely N-dealkylation sites (N-methyl/N-ethyl adjacent to an activating group) is 1. The summed E-state index contributed by atoms with van der Waals surface area (Å²) >= 11 is 0. The highest BCUT2D eigenvalue weighted by Gasteiger charge is 2.44. The molecule has 0 bridgehead atoms. The van der Waals surface area contributed by atoms with Crippen LogP contribution in [0, 0.1) is 0 Å². The number of rotatable bonds is 8. The van der Waals surface area contributed by atoms with Crippen molar-refractivity contribution >= 4 is 11.8 Å². The van der Waals surface area contributed by atoms with Crippen molar-refractivity contribution in [3.8, 4) is 22.7 Å². The van der Waals surface area contributed by atoms with Gasteiger partial charge in [-0.2, -0.15) is 4.98 Å². The Morgan fingerprint density at radius 2 is 1.76 bits per heavy atom. The summed E-state index contributed by atoms with van der Waals surface area (Å²) < 4.78 is 10.7. The standard InChI is InChI=1S/C24H26N8O2/c1-32(10-11-33-2)20-15-26-19(14-27-20)21-30-22(31-34-21)24(8-3-9-24)18-6-4-16(5-7-18)17-12-28-23(25)29-13-17/h4-7,12-15H,3,8-11H2,1-2H3,(H2,25,28,29). The van der Waals surface area contributed by atoms with E-state index in [1.165, 1.54) is 0 Å². The molecule has 4 aromatic rings. The van der Waals surface area contributed by atoms with E-state index in [4.69, 9.17) is 20.0 Å². The van der Waals surface area contributed by atoms with Gasteiger partial charge in [-0.1, -0.05) is 35.8 Å². The number of nitrogens with zero attached hydrogens (tertiary/aromatic N) is 7. The number of aromatic nitrogens is 6. The average Bonchev–Trinajstić information content (AvgIpc) is 3.33. The SMILES string of the molecule is COCCN(C)c1cnc(-c2nc(C3(c4ccc(-c5cnc(N)nc5)cc4)CCC3)no2)cn1. The van der Waals surface area contributed by atoms with Gasteiger partial charge in [-0.3, -0.25) is 0 Å². The zero-order valence-electron chi connectivity index (χ0n) is 19.2. The maximum Gasteiger partial charge on any atom is 0.278 e. The molecular weight excluding hydrogens is 432 g/mol. The molecule has 0 unspecified atom stereocenters. The quantitative estimate of drug-likeness (QED) is 0.420. The molecule has 1 saturated carbocycles. The van der Waals surface area contributed by atoms with E-state index in [0.717, 1.165) is 48.3 Å². The number of nitrogen functional groups attached to an aromatic ring is 1. The number of ether oxygens (including phenoxy) is 1. The van der Waals surface area contributed by atoms with Crippen molar-refractivity contribution in [2.24, 2.45) is 0 Å². The third-order valence-electron chi connectivity index (χ3n) is 6.38. The van der Waals surface area contributed by atoms with E-state index in [0.29, 0.717) is 24.0 Å². The maximum atomic E-state index is 5.60. The monoisotopic (exact) mass is 458 g/mol. The summed E-state index contributed by atoms with van der Waals surface area (Å²) in [5.41, 5.74) is 8.99. The van der Waals surface area contributed by atoms with Crippen LogP contribution < -0.4 is 10.6 Å². The largest absolute Gasteiger partial charge is 0.383 e. The van der Waals surface area contributed by atoms with E-state index in [1.54, 1.807) is 31.9 Å². The van der Waals surface area contributed by atoms with Gasteiger partial charge in [0, 0.05) is 38.7 Å². The lowest BCUT2D eigenvalue weighted by Crippen LogP contribution is -2.36. The summed E-state index contributed by atoms with van der Waals surface area (Å²) in [6.45, 7) is 1.34. The normalized spacial score (nSPS) is 14.5. The highest BCUT2D eigenvalue weighted by atomic mass is 16.5. The minimum Gasteiger partial charge on any atom is -0.383 e. The Morgan fingerprint density at radius 3 is 2.38 bits per heavy atom. The highest BCUT2D eigenvalue weighted by molar-refractivity contribution is 5.63. The minimum absolute atomic E-state index is 0.258. The Kier molecular flexibility index (Phi) is 5.89. The first-order valence-corrected chi connectivity index (χ1v) is 11.1. The molecule has 1 aromatic carbocycles. The van der Waals surface area contributed by atoms with Crippen molar-refractivity contribution < 1.29 is 9.26 Å². The lowest BCUT2D eigenvalue weighted by atomic mass is 9.64. The van der Waals surface area contributed by atoms with E-state index < -0.39 is 0 Å². The number of benzene rings is 1. The fraction of sp³-hybridized carbons (Fsp3) is 0.333. The molecule has 0 radical (unpaired) electrons. The lowest BCUT2D eigenvalue weighted by Gasteiger charge is -2.39. The molecule has 3 heterocycles. The maximum absolute atomic E-state index is 5.60. The van der Waals surface area contributed by atoms with Crippen LogP contribution in [0.4, 0.5) is 11.8 Å². The molecule has 10 heteroatoms. The Morgan fingerprint density at radius 1 is 1.00 bits per heavy atom. The molecule has 2 N–H and O–H groups in total. The predicted octanol–water partition coefficient (Wildman–Crippen LogP) is 3.12. The molecule has 3 aromatic heterocycles. The second-order valence-electron chi connectivity index (χ2n) is 8.44. The zero-order valence-corrected chi connectivity index (χ0v) is 19.2. The van der Waals surface area contributed by atoms with Gasteiger partial charge in [-0.25, -0.2) is 19.9 Å². The molecule has 1 fully saturated rings. The zero-order chi connectivity index (χ0) is 23.5. The fourth-order valence-corrected chi connectivity index (χ4v) is 4.13. The van der Waals surface area contributed by atoms with E-state index in [9.17, 15) is 0 Å². The molecule has 34 heavy (non-hydrogen) atoms. The van der Waals surface area contributed by atoms with Gasteiger partial charge in [0.15, 0.2) is 5.82 Å². The fourth-order valence-electron chi connectivity index (χ4n) is 4.13. The van der Waals surface area contributed by atoms with Crippen molar-refractivity contribution in [2.75, 3.05) is 37.9 Å². The molecule has 0 amide bonds. The number of hydrogen-bond acceptors (Lipinski definition) is 10. The number of hydrogen-bond donors (Lipinski definition) is 1. The van der Waals surface area contributed by atoms with Crippen LogP contribution in [-0.4, -0.2) is 57.4 Å². The van der Waals surface area contributed by atoms with Crippen LogP contribution in [-0.2, 0) is 10.2 Å². The molecule has 0 atom stereocenters. The first-order valence-electron chi connectivity index (χ1n) is 11.1. The lowest BCUT2D eigenvalue weighted by molar-refractivity contribution is 0.206. The van der Waals surface area contributed by atoms with Gasteiger partial charge in [0.25, 0.3) is 5.89 Å². The third kappa shape index (κ3) is 4.08. The summed E-state index contributed by atoms with van der Waals surface area (Å²) in [5.74, 6) is 2.07. The number of anilines is 2. The smallest absolute Gasteiger partial charge is 0.278 e. The van der Waals surface area contributed by atoms with Crippen molar-refractivity contribution in [1.82, 2.24) is 30.1 Å². The van der Waals surface area contributed by atoms with Crippen LogP contribution in [0.1, 0.15) is 30.7 Å². The topological polar surface area (TPSA) is 129 Å². The van der Waals surface area contributed by atoms with Crippen molar-refractivity contribution in [3.63, 3.8) is 0 Å². The summed E-state index contributed by atoms with van der Waals surface area (Å²) in [6.07, 6.45) is 9.85. The van der Waals surface area contributed by atoms with Gasteiger partial charge in [-0.15, -0.1) is 0 Å². The average molecular weight is 459 g/mol.